The van der Waals surface area contributed by atoms with Crippen molar-refractivity contribution in [2.45, 2.75) is 32.6 Å². The van der Waals surface area contributed by atoms with E-state index in [1.165, 1.54) is 57.1 Å². The lowest BCUT2D eigenvalue weighted by Gasteiger charge is -2.23. The number of piperidine rings is 1. The minimum Gasteiger partial charge on any atom is -0.354 e. The lowest BCUT2D eigenvalue weighted by molar-refractivity contribution is 0.460. The first-order valence-electron chi connectivity index (χ1n) is 9.48. The summed E-state index contributed by atoms with van der Waals surface area (Å²) in [4.78, 5) is 11.4. The molecule has 1 saturated heterocycles. The average Bonchev–Trinajstić information content (AvgIpc) is 3.23. The summed E-state index contributed by atoms with van der Waals surface area (Å²) in [5, 5.41) is 6.01. The van der Waals surface area contributed by atoms with Crippen LogP contribution in [0.2, 0.25) is 0 Å². The van der Waals surface area contributed by atoms with Crippen LogP contribution >= 0.6 is 0 Å². The highest BCUT2D eigenvalue weighted by Crippen LogP contribution is 2.36. The molecule has 1 aliphatic rings. The van der Waals surface area contributed by atoms with Crippen LogP contribution in [0.1, 0.15) is 35.4 Å². The molecule has 5 rings (SSSR count). The minimum atomic E-state index is 0.679. The summed E-state index contributed by atoms with van der Waals surface area (Å²) in [6.07, 6.45) is 6.39. The summed E-state index contributed by atoms with van der Waals surface area (Å²) in [5.74, 6) is 0.679. The number of nitrogens with zero attached hydrogens (tertiary/aromatic N) is 1. The zero-order valence-corrected chi connectivity index (χ0v) is 15.3. The Kier molecular flexibility index (Phi) is 3.61. The van der Waals surface area contributed by atoms with Crippen molar-refractivity contribution in [2.75, 3.05) is 13.1 Å². The summed E-state index contributed by atoms with van der Waals surface area (Å²) >= 11 is 0. The Labute approximate surface area is 153 Å². The fourth-order valence-electron chi connectivity index (χ4n) is 4.45. The van der Waals surface area contributed by atoms with Gasteiger partial charge >= 0.3 is 0 Å². The summed E-state index contributed by atoms with van der Waals surface area (Å²) < 4.78 is 0. The van der Waals surface area contributed by atoms with E-state index in [1.807, 2.05) is 12.4 Å². The van der Waals surface area contributed by atoms with Gasteiger partial charge in [-0.3, -0.25) is 0 Å². The zero-order chi connectivity index (χ0) is 17.7. The molecule has 3 N–H and O–H groups in total. The van der Waals surface area contributed by atoms with E-state index >= 15 is 0 Å². The van der Waals surface area contributed by atoms with Crippen LogP contribution in [0.15, 0.2) is 36.7 Å². The smallest absolute Gasteiger partial charge is 0.138 e. The van der Waals surface area contributed by atoms with Gasteiger partial charge in [0.05, 0.1) is 5.69 Å². The van der Waals surface area contributed by atoms with Crippen LogP contribution < -0.4 is 5.32 Å². The number of H-pyrrole nitrogens is 2. The van der Waals surface area contributed by atoms with Crippen LogP contribution in [-0.2, 0) is 0 Å². The highest BCUT2D eigenvalue weighted by molar-refractivity contribution is 6.00. The molecular formula is C22H24N4. The van der Waals surface area contributed by atoms with Crippen LogP contribution in [0.4, 0.5) is 0 Å². The Morgan fingerprint density at radius 3 is 2.77 bits per heavy atom. The number of nitrogens with one attached hydrogen (secondary N) is 3. The lowest BCUT2D eigenvalue weighted by Crippen LogP contribution is -2.26. The molecule has 3 aromatic heterocycles. The molecule has 0 aliphatic carbocycles. The fourth-order valence-corrected chi connectivity index (χ4v) is 4.45. The van der Waals surface area contributed by atoms with Crippen molar-refractivity contribution in [3.63, 3.8) is 0 Å². The molecule has 4 heterocycles. The van der Waals surface area contributed by atoms with Crippen molar-refractivity contribution in [1.82, 2.24) is 20.3 Å². The molecule has 0 bridgehead atoms. The summed E-state index contributed by atoms with van der Waals surface area (Å²) in [6.45, 7) is 6.62. The van der Waals surface area contributed by atoms with Crippen molar-refractivity contribution in [1.29, 1.82) is 0 Å². The molecule has 1 aromatic carbocycles. The molecule has 1 fully saturated rings. The number of hydrogen-bond acceptors (Lipinski definition) is 2. The predicted molar refractivity (Wildman–Crippen MR) is 108 cm³/mol. The number of benzene rings is 1. The third-order valence-corrected chi connectivity index (χ3v) is 5.93. The molecule has 0 saturated carbocycles. The van der Waals surface area contributed by atoms with Gasteiger partial charge in [0, 0.05) is 34.2 Å². The van der Waals surface area contributed by atoms with Gasteiger partial charge in [-0.05, 0) is 80.6 Å². The van der Waals surface area contributed by atoms with Crippen molar-refractivity contribution >= 4 is 21.9 Å². The standard InChI is InChI=1S/C22H24N4/c1-13-12-25-22-20(13)17(7-10-24-22)21-14(2)18-11-16(3-4-19(18)26-21)15-5-8-23-9-6-15/h3-4,7,10-12,15,23,26H,5-6,8-9H2,1-2H3,(H,24,25). The van der Waals surface area contributed by atoms with Gasteiger partial charge in [0.1, 0.15) is 5.65 Å². The second-order valence-electron chi connectivity index (χ2n) is 7.51. The topological polar surface area (TPSA) is 56.5 Å². The van der Waals surface area contributed by atoms with E-state index in [1.54, 1.807) is 0 Å². The minimum absolute atomic E-state index is 0.679. The van der Waals surface area contributed by atoms with Gasteiger partial charge in [-0.1, -0.05) is 6.07 Å². The van der Waals surface area contributed by atoms with E-state index in [-0.39, 0.29) is 0 Å². The Hall–Kier alpha value is -2.59. The predicted octanol–water partition coefficient (Wildman–Crippen LogP) is 4.80. The van der Waals surface area contributed by atoms with Gasteiger partial charge < -0.3 is 15.3 Å². The molecule has 0 spiro atoms. The maximum atomic E-state index is 4.47. The van der Waals surface area contributed by atoms with E-state index in [9.17, 15) is 0 Å². The molecule has 4 heteroatoms. The van der Waals surface area contributed by atoms with Crippen LogP contribution in [0, 0.1) is 13.8 Å². The summed E-state index contributed by atoms with van der Waals surface area (Å²) in [7, 11) is 0. The maximum absolute atomic E-state index is 4.47. The molecule has 0 amide bonds. The zero-order valence-electron chi connectivity index (χ0n) is 15.3. The quantitative estimate of drug-likeness (QED) is 0.489. The average molecular weight is 344 g/mol. The first kappa shape index (κ1) is 15.6. The van der Waals surface area contributed by atoms with Crippen molar-refractivity contribution in [3.05, 3.63) is 53.3 Å². The van der Waals surface area contributed by atoms with E-state index in [2.05, 4.69) is 58.4 Å². The molecular weight excluding hydrogens is 320 g/mol. The van der Waals surface area contributed by atoms with Crippen molar-refractivity contribution in [3.8, 4) is 11.3 Å². The maximum Gasteiger partial charge on any atom is 0.138 e. The van der Waals surface area contributed by atoms with Crippen LogP contribution in [-0.4, -0.2) is 28.0 Å². The summed E-state index contributed by atoms with van der Waals surface area (Å²) in [5.41, 5.74) is 8.64. The monoisotopic (exact) mass is 344 g/mol. The fraction of sp³-hybridized carbons (Fsp3) is 0.318. The Morgan fingerprint density at radius 2 is 1.92 bits per heavy atom. The normalized spacial score (nSPS) is 15.9. The number of fused-ring (bicyclic) bond motifs is 2. The highest BCUT2D eigenvalue weighted by Gasteiger charge is 2.18. The molecule has 4 nitrogen and oxygen atoms in total. The highest BCUT2D eigenvalue weighted by atomic mass is 14.9. The second-order valence-corrected chi connectivity index (χ2v) is 7.51. The van der Waals surface area contributed by atoms with Crippen LogP contribution in [0.3, 0.4) is 0 Å². The molecule has 0 radical (unpaired) electrons. The largest absolute Gasteiger partial charge is 0.354 e. The van der Waals surface area contributed by atoms with Gasteiger partial charge in [-0.25, -0.2) is 4.98 Å². The molecule has 0 atom stereocenters. The number of pyridine rings is 1. The molecule has 132 valence electrons. The number of aromatic amines is 2. The SMILES string of the molecule is Cc1c(-c2ccnc3[nH]cc(C)c23)[nH]c2ccc(C3CCNCC3)cc12. The number of hydrogen-bond donors (Lipinski definition) is 3. The number of aryl methyl sites for hydroxylation is 2. The van der Waals surface area contributed by atoms with E-state index in [4.69, 9.17) is 0 Å². The second kappa shape index (κ2) is 5.99. The molecule has 26 heavy (non-hydrogen) atoms. The Morgan fingerprint density at radius 1 is 1.08 bits per heavy atom. The summed E-state index contributed by atoms with van der Waals surface area (Å²) in [6, 6.07) is 9.09. The number of aromatic nitrogens is 3. The first-order valence-corrected chi connectivity index (χ1v) is 9.48. The molecule has 4 aromatic rings. The third kappa shape index (κ3) is 2.36. The number of rotatable bonds is 2. The Bertz CT molecular complexity index is 1100. The van der Waals surface area contributed by atoms with Gasteiger partial charge in [0.25, 0.3) is 0 Å². The first-order chi connectivity index (χ1) is 12.7. The van der Waals surface area contributed by atoms with E-state index < -0.39 is 0 Å². The van der Waals surface area contributed by atoms with Gasteiger partial charge in [-0.2, -0.15) is 0 Å². The van der Waals surface area contributed by atoms with Gasteiger partial charge in [0.2, 0.25) is 0 Å². The van der Waals surface area contributed by atoms with Crippen LogP contribution in [0.25, 0.3) is 33.2 Å². The lowest BCUT2D eigenvalue weighted by atomic mass is 9.89. The van der Waals surface area contributed by atoms with Crippen molar-refractivity contribution < 1.29 is 0 Å². The van der Waals surface area contributed by atoms with E-state index in [0.717, 1.165) is 18.7 Å². The Balaban J connectivity index is 1.67. The van der Waals surface area contributed by atoms with Crippen LogP contribution in [0.5, 0.6) is 0 Å². The molecule has 0 unspecified atom stereocenters. The molecule has 1 aliphatic heterocycles. The van der Waals surface area contributed by atoms with Crippen molar-refractivity contribution in [2.24, 2.45) is 0 Å². The van der Waals surface area contributed by atoms with E-state index in [0.29, 0.717) is 5.92 Å². The van der Waals surface area contributed by atoms with Gasteiger partial charge in [-0.15, -0.1) is 0 Å². The van der Waals surface area contributed by atoms with Gasteiger partial charge in [0.15, 0.2) is 0 Å². The third-order valence-electron chi connectivity index (χ3n) is 5.93.